The normalized spacial score (nSPS) is 20.8. The van der Waals surface area contributed by atoms with Crippen molar-refractivity contribution in [3.63, 3.8) is 0 Å². The second-order valence-corrected chi connectivity index (χ2v) is 41.7. The number of hydrogen-bond acceptors (Lipinski definition) is 27. The van der Waals surface area contributed by atoms with Gasteiger partial charge in [-0.2, -0.15) is 0 Å². The van der Waals surface area contributed by atoms with Crippen LogP contribution in [0.15, 0.2) is 89.9 Å². The van der Waals surface area contributed by atoms with Gasteiger partial charge in [0.1, 0.15) is 49.3 Å². The number of imidazole rings is 2. The Hall–Kier alpha value is -9.21. The summed E-state index contributed by atoms with van der Waals surface area (Å²) < 4.78 is 40.8. The number of aromatic amines is 2. The molecule has 6 aromatic rings. The number of carboxylic acids is 1. The van der Waals surface area contributed by atoms with Crippen LogP contribution in [0.2, 0.25) is 0 Å². The molecular weight excluding hydrogens is 1920 g/mol. The molecule has 7 aliphatic carbocycles. The second kappa shape index (κ2) is 62.6. The molecule has 6 heterocycles. The summed E-state index contributed by atoms with van der Waals surface area (Å²) in [4.78, 5) is 120. The number of aromatic nitrogens is 4. The third kappa shape index (κ3) is 41.7. The number of carbonyl (C=O) groups is 9. The minimum absolute atomic E-state index is 0. The van der Waals surface area contributed by atoms with Gasteiger partial charge < -0.3 is 115 Å². The molecule has 11 aliphatic rings. The molecule has 7 saturated carbocycles. The van der Waals surface area contributed by atoms with Crippen molar-refractivity contribution in [2.75, 3.05) is 77.3 Å². The van der Waals surface area contributed by atoms with E-state index in [0.29, 0.717) is 90.7 Å². The molecule has 20 N–H and O–H groups in total. The molecule has 3 radical (unpaired) electrons. The molecule has 5 amide bonds. The summed E-state index contributed by atoms with van der Waals surface area (Å²) >= 11 is 3.26. The Morgan fingerprint density at radius 3 is 1.15 bits per heavy atom. The van der Waals surface area contributed by atoms with Gasteiger partial charge in [0, 0.05) is 44.9 Å². The first-order valence-electron chi connectivity index (χ1n) is 50.1. The molecule has 4 aliphatic heterocycles. The molecule has 142 heavy (non-hydrogen) atoms. The Morgan fingerprint density at radius 2 is 0.817 bits per heavy atom. The molecule has 0 bridgehead atoms. The van der Waals surface area contributed by atoms with Crippen LogP contribution in [-0.4, -0.2) is 212 Å². The van der Waals surface area contributed by atoms with E-state index >= 15 is 0 Å². The number of alkyl carbamates (subject to hydrolysis) is 2. The summed E-state index contributed by atoms with van der Waals surface area (Å²) in [5.41, 5.74) is 40.4. The quantitative estimate of drug-likeness (QED) is 0.0120. The SMILES string of the molecule is CC(C)(C)OC(=O)N[C@H](CO)C1CCCCC1.CC(C)(C)OC(=O)OC(=O)OC(C)(C)C.Cl.N[C@H](C(=O)O)C1CCCCC1.N[C@H](CO)C1CCCCC1.Nc1ccc(Br)cc1N.Nc1ccc(N2C(=O)OC[C@@H]2C2CCCCC2)cc1N.O=C1N[C@@H](C2CCCCC2)CO1.O=C1OC[C@H](C2CCCCC2)N1c1ccc2nc[nH]c2c1.O=C1OC[C@H](C2CCCCC2)N1c1ccc2nc[nH]c2c1.O=CO.[Al].[H-].[Li+]. The molecule has 11 fully saturated rings. The Balaban J connectivity index is 0.000000337. The number of halogens is 2. The van der Waals surface area contributed by atoms with Gasteiger partial charge in [-0.25, -0.2) is 43.5 Å². The fraction of sp³-hybridized carbons (Fsp3) is 0.657. The van der Waals surface area contributed by atoms with E-state index < -0.39 is 47.2 Å². The molecule has 4 saturated heterocycles. The number of fused-ring (bicyclic) bond motifs is 2. The predicted molar refractivity (Wildman–Crippen MR) is 555 cm³/mol. The van der Waals surface area contributed by atoms with Gasteiger partial charge in [-0.15, -0.1) is 12.4 Å². The molecule has 36 nitrogen and oxygen atoms in total. The minimum atomic E-state index is -1.06. The number of H-pyrrole nitrogens is 2. The van der Waals surface area contributed by atoms with Crippen molar-refractivity contribution in [1.29, 1.82) is 0 Å². The van der Waals surface area contributed by atoms with Crippen molar-refractivity contribution >= 4 is 163 Å². The van der Waals surface area contributed by atoms with E-state index in [-0.39, 0.29) is 130 Å². The number of ether oxygens (including phenoxy) is 8. The number of hydrogen-bond donors (Lipinski definition) is 14. The summed E-state index contributed by atoms with van der Waals surface area (Å²) in [7, 11) is 0. The first-order chi connectivity index (χ1) is 66.3. The van der Waals surface area contributed by atoms with Gasteiger partial charge in [-0.05, 0) is 266 Å². The van der Waals surface area contributed by atoms with Crippen LogP contribution in [-0.2, 0) is 47.5 Å². The average Bonchev–Trinajstić information content (AvgIpc) is 1.65. The summed E-state index contributed by atoms with van der Waals surface area (Å²) in [6, 6.07) is 22.6. The summed E-state index contributed by atoms with van der Waals surface area (Å²) in [6.45, 7) is 17.5. The van der Waals surface area contributed by atoms with Gasteiger partial charge in [-0.1, -0.05) is 151 Å². The Bertz CT molecular complexity index is 4640. The van der Waals surface area contributed by atoms with Crippen LogP contribution in [0, 0.1) is 41.4 Å². The van der Waals surface area contributed by atoms with Gasteiger partial charge >= 0.3 is 67.6 Å². The summed E-state index contributed by atoms with van der Waals surface area (Å²) in [6.07, 6.45) is 42.7. The molecule has 0 spiro atoms. The molecule has 787 valence electrons. The van der Waals surface area contributed by atoms with E-state index in [1.807, 2.05) is 79.1 Å². The largest absolute Gasteiger partial charge is 1.00 e. The van der Waals surface area contributed by atoms with E-state index in [1.165, 1.54) is 186 Å². The van der Waals surface area contributed by atoms with Crippen molar-refractivity contribution in [3.05, 3.63) is 89.9 Å². The smallest absolute Gasteiger partial charge is 1.00 e. The van der Waals surface area contributed by atoms with E-state index in [9.17, 15) is 43.5 Å². The number of nitrogens with two attached hydrogens (primary N) is 6. The van der Waals surface area contributed by atoms with Crippen molar-refractivity contribution in [2.24, 2.45) is 52.9 Å². The summed E-state index contributed by atoms with van der Waals surface area (Å²) in [5.74, 6) is 2.67. The fourth-order valence-electron chi connectivity index (χ4n) is 19.7. The van der Waals surface area contributed by atoms with Crippen LogP contribution in [0.3, 0.4) is 0 Å². The van der Waals surface area contributed by atoms with Crippen molar-refractivity contribution in [1.82, 2.24) is 30.6 Å². The van der Waals surface area contributed by atoms with E-state index in [0.717, 1.165) is 82.1 Å². The molecule has 7 atom stereocenters. The number of carboxylic acid groups (broad SMARTS) is 2. The number of carbonyl (C=O) groups excluding carboxylic acids is 7. The van der Waals surface area contributed by atoms with Crippen LogP contribution in [0.4, 0.5) is 73.4 Å². The number of nitrogens with one attached hydrogen (secondary N) is 4. The van der Waals surface area contributed by atoms with Crippen LogP contribution >= 0.6 is 28.3 Å². The first kappa shape index (κ1) is 123. The van der Waals surface area contributed by atoms with E-state index in [2.05, 4.69) is 51.2 Å². The van der Waals surface area contributed by atoms with Crippen molar-refractivity contribution < 1.29 is 122 Å². The van der Waals surface area contributed by atoms with E-state index in [4.69, 9.17) is 87.7 Å². The van der Waals surface area contributed by atoms with Crippen LogP contribution in [0.25, 0.3) is 22.1 Å². The third-order valence-corrected chi connectivity index (χ3v) is 27.4. The molecule has 2 aromatic heterocycles. The van der Waals surface area contributed by atoms with E-state index in [1.54, 1.807) is 83.4 Å². The molecule has 0 unspecified atom stereocenters. The number of amides is 5. The topological polar surface area (TPSA) is 556 Å². The zero-order valence-corrected chi connectivity index (χ0v) is 88.6. The summed E-state index contributed by atoms with van der Waals surface area (Å²) in [5, 5.41) is 39.3. The predicted octanol–water partition coefficient (Wildman–Crippen LogP) is 17.0. The third-order valence-electron chi connectivity index (χ3n) is 26.9. The molecular formula is C102H160AlBrClLiN15O21. The average molecular weight is 2080 g/mol. The first-order valence-corrected chi connectivity index (χ1v) is 50.9. The Morgan fingerprint density at radius 1 is 0.479 bits per heavy atom. The zero-order valence-electron chi connectivity index (χ0n) is 86.0. The number of nitrogens with zero attached hydrogens (tertiary/aromatic N) is 5. The number of rotatable bonds is 14. The zero-order chi connectivity index (χ0) is 101. The number of aliphatic hydroxyl groups is 2. The van der Waals surface area contributed by atoms with Crippen molar-refractivity contribution in [2.45, 2.75) is 346 Å². The van der Waals surface area contributed by atoms with Gasteiger partial charge in [0.15, 0.2) is 0 Å². The maximum atomic E-state index is 12.2. The van der Waals surface area contributed by atoms with Gasteiger partial charge in [0.25, 0.3) is 6.47 Å². The van der Waals surface area contributed by atoms with Gasteiger partial charge in [0.05, 0.1) is 101 Å². The van der Waals surface area contributed by atoms with Crippen molar-refractivity contribution in [3.8, 4) is 0 Å². The maximum Gasteiger partial charge on any atom is 1.00 e. The number of anilines is 7. The minimum Gasteiger partial charge on any atom is -1.00 e. The number of aliphatic carboxylic acids is 1. The molecule has 17 rings (SSSR count). The van der Waals surface area contributed by atoms with Crippen LogP contribution in [0.1, 0.15) is 288 Å². The molecule has 40 heteroatoms. The monoisotopic (exact) mass is 2080 g/mol. The Labute approximate surface area is 875 Å². The standard InChI is InChI=1S/2C16H19N3O2.C15H21N3O2.C13H25NO3.C10H18O5.C9H15NO2.C8H15NO2.C8H17NO.C6H7BrN2.CH2O2.Al.ClH.Li.H/c2*20-16-19(12-6-7-13-14(8-12)18-10-17-13)15(9-21-16)11-4-2-1-3-5-11;16-12-7-6-11(8-13(12)17)18-14(9-20-15(18)19)10-4-2-1-3-5-10;1-13(2,3)17-12(16)14-11(9-15)10-7-5-4-6-8-10;1-9(2,3)14-7(11)13-8(12)15-10(4,5)6;11-9-10-8(6-12-9)7-4-2-1-3-5-7;9-7(8(10)11)6-4-2-1-3-5-6;9-8(6-10)7-4-2-1-3-5-7;7-4-1-2-5(8)6(9)3-4;2-1-3;;;;/h2*6-8,10-11,15H,1-5,9H2,(H,17,18);6-8,10,14H,1-5,9,16-17H2;10-11,15H,4-9H2,1-3H3,(H,14,16);1-6H3;7-8H,1-6H2,(H,10,11);6-7H,1-5,9H2,(H,10,11);7-8,10H,1-6,9H2;1-3H,8-9H2;1H,(H,2,3);;1H;;/q;;;;;;;;;;;;+1;-1/t2*15-;14-;11-;;8-;7-;8-;;;;;;/m1111.101....../s1. The second-order valence-electron chi connectivity index (χ2n) is 40.8. The Kier molecular flexibility index (Phi) is 54.3. The van der Waals surface area contributed by atoms with Crippen LogP contribution < -0.4 is 78.6 Å². The number of nitrogen functional groups attached to an aromatic ring is 4. The number of benzene rings is 4. The van der Waals surface area contributed by atoms with Gasteiger partial charge in [-0.3, -0.25) is 24.3 Å². The number of aliphatic hydroxyl groups excluding tert-OH is 2. The number of cyclic esters (lactones) is 4. The van der Waals surface area contributed by atoms with Gasteiger partial charge in [0.2, 0.25) is 0 Å². The molecule has 4 aromatic carbocycles. The van der Waals surface area contributed by atoms with Crippen LogP contribution in [0.5, 0.6) is 0 Å². The maximum absolute atomic E-state index is 12.2. The fourth-order valence-corrected chi connectivity index (χ4v) is 20.1.